The van der Waals surface area contributed by atoms with E-state index in [1.807, 2.05) is 53.3 Å². The summed E-state index contributed by atoms with van der Waals surface area (Å²) in [5.41, 5.74) is 11.6. The number of hydrogen-bond acceptors (Lipinski definition) is 3. The lowest BCUT2D eigenvalue weighted by molar-refractivity contribution is 0.689. The molecule has 1 heterocycles. The molecule has 0 aliphatic heterocycles. The van der Waals surface area contributed by atoms with Crippen LogP contribution in [0.3, 0.4) is 0 Å². The van der Waals surface area contributed by atoms with Crippen molar-refractivity contribution in [2.45, 2.75) is 6.54 Å². The first-order valence-corrected chi connectivity index (χ1v) is 8.84. The minimum Gasteiger partial charge on any atom is -0.375 e. The number of benzene rings is 2. The highest BCUT2D eigenvalue weighted by Crippen LogP contribution is 2.24. The molecular weight excluding hydrogens is 389 g/mol. The molecule has 3 aromatic rings. The fraction of sp³-hybridized carbons (Fsp3) is 0.0556. The summed E-state index contributed by atoms with van der Waals surface area (Å²) in [7, 11) is 0. The molecule has 0 saturated carbocycles. The van der Waals surface area contributed by atoms with Gasteiger partial charge >= 0.3 is 0 Å². The van der Waals surface area contributed by atoms with E-state index >= 15 is 0 Å². The minimum absolute atomic E-state index is 0.103. The van der Waals surface area contributed by atoms with Crippen molar-refractivity contribution in [2.24, 2.45) is 10.8 Å². The molecule has 0 spiro atoms. The molecule has 1 aromatic heterocycles. The molecule has 0 atom stereocenters. The molecule has 0 unspecified atom stereocenters. The highest BCUT2D eigenvalue weighted by Gasteiger charge is 2.10. The Bertz CT molecular complexity index is 953. The first kappa shape index (κ1) is 18.4. The predicted octanol–water partition coefficient (Wildman–Crippen LogP) is 4.07. The van der Waals surface area contributed by atoms with E-state index in [-0.39, 0.29) is 5.11 Å². The normalized spacial score (nSPS) is 11.0. The van der Waals surface area contributed by atoms with Crippen LogP contribution in [0.15, 0.2) is 59.8 Å². The number of nitrogens with one attached hydrogen (secondary N) is 1. The van der Waals surface area contributed by atoms with Crippen molar-refractivity contribution in [3.8, 4) is 11.3 Å². The molecule has 2 aromatic carbocycles. The Labute approximate surface area is 166 Å². The zero-order chi connectivity index (χ0) is 18.5. The SMILES string of the molecule is NC(=S)N/N=C/c1cn(Cc2ccc(Cl)c(Cl)c2)nc1-c1ccccc1. The van der Waals surface area contributed by atoms with Crippen LogP contribution >= 0.6 is 35.4 Å². The summed E-state index contributed by atoms with van der Waals surface area (Å²) in [6.45, 7) is 0.549. The molecule has 0 radical (unpaired) electrons. The summed E-state index contributed by atoms with van der Waals surface area (Å²) in [5, 5.41) is 9.87. The summed E-state index contributed by atoms with van der Waals surface area (Å²) >= 11 is 16.8. The van der Waals surface area contributed by atoms with Gasteiger partial charge < -0.3 is 5.73 Å². The fourth-order valence-corrected chi connectivity index (χ4v) is 2.80. The lowest BCUT2D eigenvalue weighted by atomic mass is 10.1. The summed E-state index contributed by atoms with van der Waals surface area (Å²) in [5.74, 6) is 0. The van der Waals surface area contributed by atoms with Crippen LogP contribution in [0.5, 0.6) is 0 Å². The Balaban J connectivity index is 1.93. The Hall–Kier alpha value is -2.41. The van der Waals surface area contributed by atoms with Crippen LogP contribution in [0.2, 0.25) is 10.0 Å². The van der Waals surface area contributed by atoms with Crippen LogP contribution < -0.4 is 11.2 Å². The highest BCUT2D eigenvalue weighted by molar-refractivity contribution is 7.80. The van der Waals surface area contributed by atoms with Crippen molar-refractivity contribution >= 4 is 46.7 Å². The molecule has 0 fully saturated rings. The van der Waals surface area contributed by atoms with Crippen LogP contribution in [0.25, 0.3) is 11.3 Å². The maximum atomic E-state index is 6.10. The smallest absolute Gasteiger partial charge is 0.184 e. The topological polar surface area (TPSA) is 68.2 Å². The van der Waals surface area contributed by atoms with Crippen molar-refractivity contribution in [1.82, 2.24) is 15.2 Å². The third-order valence-corrected chi connectivity index (χ3v) is 4.37. The number of nitrogens with zero attached hydrogens (tertiary/aromatic N) is 3. The number of hydrogen-bond donors (Lipinski definition) is 2. The standard InChI is InChI=1S/C18H15Cl2N5S/c19-15-7-6-12(8-16(15)20)10-25-11-14(9-22-23-18(21)26)17(24-25)13-4-2-1-3-5-13/h1-9,11H,10H2,(H3,21,23,26)/b22-9+. The van der Waals surface area contributed by atoms with Crippen molar-refractivity contribution in [2.75, 3.05) is 0 Å². The number of hydrazone groups is 1. The average molecular weight is 404 g/mol. The first-order chi connectivity index (χ1) is 12.5. The van der Waals surface area contributed by atoms with Gasteiger partial charge in [-0.15, -0.1) is 0 Å². The molecule has 132 valence electrons. The Morgan fingerprint density at radius 3 is 2.65 bits per heavy atom. The van der Waals surface area contributed by atoms with Gasteiger partial charge in [0.25, 0.3) is 0 Å². The van der Waals surface area contributed by atoms with Gasteiger partial charge in [-0.1, -0.05) is 59.6 Å². The maximum absolute atomic E-state index is 6.10. The highest BCUT2D eigenvalue weighted by atomic mass is 35.5. The van der Waals surface area contributed by atoms with Gasteiger partial charge in [-0.05, 0) is 29.9 Å². The molecular formula is C18H15Cl2N5S. The van der Waals surface area contributed by atoms with Crippen LogP contribution in [0.4, 0.5) is 0 Å². The summed E-state index contributed by atoms with van der Waals surface area (Å²) in [4.78, 5) is 0. The second kappa shape index (κ2) is 8.31. The number of aromatic nitrogens is 2. The Morgan fingerprint density at radius 1 is 1.19 bits per heavy atom. The number of rotatable bonds is 5. The number of nitrogens with two attached hydrogens (primary N) is 1. The second-order valence-corrected chi connectivity index (χ2v) is 6.73. The number of thiocarbonyl (C=S) groups is 1. The molecule has 0 bridgehead atoms. The average Bonchev–Trinajstić information content (AvgIpc) is 3.01. The van der Waals surface area contributed by atoms with Crippen LogP contribution in [0, 0.1) is 0 Å². The third-order valence-electron chi connectivity index (χ3n) is 3.54. The number of halogens is 2. The molecule has 0 aliphatic rings. The van der Waals surface area contributed by atoms with E-state index in [4.69, 9.17) is 41.2 Å². The molecule has 0 saturated heterocycles. The van der Waals surface area contributed by atoms with E-state index in [1.165, 1.54) is 0 Å². The lowest BCUT2D eigenvalue weighted by Crippen LogP contribution is -2.24. The molecule has 26 heavy (non-hydrogen) atoms. The van der Waals surface area contributed by atoms with Gasteiger partial charge in [-0.25, -0.2) is 0 Å². The van der Waals surface area contributed by atoms with Crippen LogP contribution in [-0.4, -0.2) is 21.1 Å². The van der Waals surface area contributed by atoms with Gasteiger partial charge in [0, 0.05) is 17.3 Å². The van der Waals surface area contributed by atoms with E-state index < -0.39 is 0 Å². The van der Waals surface area contributed by atoms with Gasteiger partial charge in [-0.2, -0.15) is 10.2 Å². The summed E-state index contributed by atoms with van der Waals surface area (Å²) in [6, 6.07) is 15.4. The molecule has 3 N–H and O–H groups in total. The zero-order valence-electron chi connectivity index (χ0n) is 13.6. The summed E-state index contributed by atoms with van der Waals surface area (Å²) < 4.78 is 1.82. The van der Waals surface area contributed by atoms with Crippen molar-refractivity contribution in [1.29, 1.82) is 0 Å². The molecule has 8 heteroatoms. The van der Waals surface area contributed by atoms with Crippen molar-refractivity contribution in [3.05, 3.63) is 75.9 Å². The minimum atomic E-state index is 0.103. The predicted molar refractivity (Wildman–Crippen MR) is 111 cm³/mol. The van der Waals surface area contributed by atoms with E-state index in [2.05, 4.69) is 15.6 Å². The van der Waals surface area contributed by atoms with Gasteiger partial charge in [0.2, 0.25) is 0 Å². The van der Waals surface area contributed by atoms with E-state index in [0.717, 1.165) is 22.4 Å². The molecule has 3 rings (SSSR count). The fourth-order valence-electron chi connectivity index (χ4n) is 2.42. The van der Waals surface area contributed by atoms with Crippen molar-refractivity contribution < 1.29 is 0 Å². The van der Waals surface area contributed by atoms with Gasteiger partial charge in [0.15, 0.2) is 5.11 Å². The monoisotopic (exact) mass is 403 g/mol. The molecule has 5 nitrogen and oxygen atoms in total. The molecule has 0 amide bonds. The maximum Gasteiger partial charge on any atom is 0.184 e. The Kier molecular flexibility index (Phi) is 5.88. The quantitative estimate of drug-likeness (QED) is 0.382. The lowest BCUT2D eigenvalue weighted by Gasteiger charge is -2.03. The second-order valence-electron chi connectivity index (χ2n) is 5.48. The van der Waals surface area contributed by atoms with Gasteiger partial charge in [0.05, 0.1) is 22.8 Å². The van der Waals surface area contributed by atoms with E-state index in [9.17, 15) is 0 Å². The van der Waals surface area contributed by atoms with Crippen LogP contribution in [0.1, 0.15) is 11.1 Å². The van der Waals surface area contributed by atoms with Crippen LogP contribution in [-0.2, 0) is 6.54 Å². The third kappa shape index (κ3) is 4.60. The largest absolute Gasteiger partial charge is 0.375 e. The van der Waals surface area contributed by atoms with Crippen molar-refractivity contribution in [3.63, 3.8) is 0 Å². The van der Waals surface area contributed by atoms with Gasteiger partial charge in [0.1, 0.15) is 5.69 Å². The Morgan fingerprint density at radius 2 is 1.96 bits per heavy atom. The first-order valence-electron chi connectivity index (χ1n) is 7.68. The molecule has 0 aliphatic carbocycles. The van der Waals surface area contributed by atoms with E-state index in [1.54, 1.807) is 12.3 Å². The van der Waals surface area contributed by atoms with E-state index in [0.29, 0.717) is 16.6 Å². The summed E-state index contributed by atoms with van der Waals surface area (Å²) in [6.07, 6.45) is 3.54. The zero-order valence-corrected chi connectivity index (χ0v) is 15.9. The van der Waals surface area contributed by atoms with Gasteiger partial charge in [-0.3, -0.25) is 10.1 Å².